The molecule has 1 aromatic heterocycles. The Labute approximate surface area is 216 Å². The Balaban J connectivity index is 1.30. The monoisotopic (exact) mass is 516 g/mol. The van der Waals surface area contributed by atoms with Crippen LogP contribution in [0.15, 0.2) is 36.5 Å². The number of likely N-dealkylation sites (tertiary alicyclic amines) is 1. The van der Waals surface area contributed by atoms with E-state index in [2.05, 4.69) is 28.1 Å². The molecule has 2 aliphatic heterocycles. The highest BCUT2D eigenvalue weighted by Gasteiger charge is 2.43. The molecule has 2 aromatic rings. The zero-order valence-corrected chi connectivity index (χ0v) is 21.7. The van der Waals surface area contributed by atoms with Gasteiger partial charge in [0.25, 0.3) is 0 Å². The summed E-state index contributed by atoms with van der Waals surface area (Å²) in [5.41, 5.74) is 1.40. The number of hydrogen-bond donors (Lipinski definition) is 0. The standard InChI is InChI=1S/C29H35F3N2O3/c1-18(27(35)36-3)25(21-7-8-21)22-9-6-20-10-11-28(37-24(20)17-22)12-15-34(16-13-28)19(2)26-23(29(30,31)32)5-4-14-33-26/h4-6,9,14,17-19,21,25H,7-8,10-13,15-16H2,1-3H3. The fourth-order valence-corrected chi connectivity index (χ4v) is 6.32. The van der Waals surface area contributed by atoms with E-state index >= 15 is 0 Å². The number of ether oxygens (including phenoxy) is 2. The fraction of sp³-hybridized carbons (Fsp3) is 0.586. The predicted molar refractivity (Wildman–Crippen MR) is 133 cm³/mol. The van der Waals surface area contributed by atoms with Gasteiger partial charge < -0.3 is 9.47 Å². The quantitative estimate of drug-likeness (QED) is 0.421. The van der Waals surface area contributed by atoms with Crippen LogP contribution in [-0.2, 0) is 22.1 Å². The van der Waals surface area contributed by atoms with Crippen molar-refractivity contribution in [2.75, 3.05) is 20.2 Å². The van der Waals surface area contributed by atoms with Crippen molar-refractivity contribution in [3.63, 3.8) is 0 Å². The molecule has 200 valence electrons. The Morgan fingerprint density at radius 2 is 1.89 bits per heavy atom. The number of nitrogens with zero attached hydrogens (tertiary/aromatic N) is 2. The molecule has 0 bridgehead atoms. The van der Waals surface area contributed by atoms with Gasteiger partial charge in [-0.25, -0.2) is 0 Å². The number of pyridine rings is 1. The third-order valence-corrected chi connectivity index (χ3v) is 8.69. The number of fused-ring (bicyclic) bond motifs is 1. The molecule has 3 unspecified atom stereocenters. The molecule has 2 fully saturated rings. The number of benzene rings is 1. The lowest BCUT2D eigenvalue weighted by atomic mass is 9.80. The first kappa shape index (κ1) is 26.0. The summed E-state index contributed by atoms with van der Waals surface area (Å²) in [6.45, 7) is 5.04. The van der Waals surface area contributed by atoms with Crippen molar-refractivity contribution in [2.24, 2.45) is 11.8 Å². The second-order valence-electron chi connectivity index (χ2n) is 11.0. The first-order valence-corrected chi connectivity index (χ1v) is 13.3. The summed E-state index contributed by atoms with van der Waals surface area (Å²) in [4.78, 5) is 18.5. The Kier molecular flexibility index (Phi) is 6.98. The minimum Gasteiger partial charge on any atom is -0.487 e. The van der Waals surface area contributed by atoms with Crippen LogP contribution >= 0.6 is 0 Å². The Morgan fingerprint density at radius 1 is 1.16 bits per heavy atom. The zero-order chi connectivity index (χ0) is 26.4. The van der Waals surface area contributed by atoms with Gasteiger partial charge in [0.05, 0.1) is 24.3 Å². The number of carbonyl (C=O) groups is 1. The summed E-state index contributed by atoms with van der Waals surface area (Å²) < 4.78 is 52.4. The van der Waals surface area contributed by atoms with Crippen molar-refractivity contribution < 1.29 is 27.4 Å². The van der Waals surface area contributed by atoms with Crippen LogP contribution < -0.4 is 4.74 Å². The molecular formula is C29H35F3N2O3. The van der Waals surface area contributed by atoms with Gasteiger partial charge in [-0.05, 0) is 86.6 Å². The van der Waals surface area contributed by atoms with Gasteiger partial charge in [-0.3, -0.25) is 14.7 Å². The van der Waals surface area contributed by atoms with Gasteiger partial charge in [0, 0.05) is 25.3 Å². The largest absolute Gasteiger partial charge is 0.487 e. The molecule has 3 atom stereocenters. The van der Waals surface area contributed by atoms with Crippen LogP contribution in [0.4, 0.5) is 13.2 Å². The third-order valence-electron chi connectivity index (χ3n) is 8.69. The van der Waals surface area contributed by atoms with E-state index in [0.717, 1.165) is 55.9 Å². The van der Waals surface area contributed by atoms with Crippen LogP contribution in [-0.4, -0.2) is 41.7 Å². The minimum absolute atomic E-state index is 0.0799. The summed E-state index contributed by atoms with van der Waals surface area (Å²) in [6.07, 6.45) is 2.55. The number of methoxy groups -OCH3 is 1. The van der Waals surface area contributed by atoms with Crippen molar-refractivity contribution in [1.29, 1.82) is 0 Å². The molecule has 3 aliphatic rings. The van der Waals surface area contributed by atoms with Gasteiger partial charge >= 0.3 is 12.1 Å². The molecule has 1 saturated heterocycles. The third kappa shape index (κ3) is 5.22. The Bertz CT molecular complexity index is 1140. The van der Waals surface area contributed by atoms with E-state index in [1.54, 1.807) is 6.92 Å². The first-order valence-electron chi connectivity index (χ1n) is 13.3. The van der Waals surface area contributed by atoms with Gasteiger partial charge in [0.15, 0.2) is 0 Å². The summed E-state index contributed by atoms with van der Waals surface area (Å²) in [6, 6.07) is 8.41. The Morgan fingerprint density at radius 3 is 2.54 bits per heavy atom. The average molecular weight is 517 g/mol. The molecule has 1 saturated carbocycles. The summed E-state index contributed by atoms with van der Waals surface area (Å²) in [5.74, 6) is 1.09. The van der Waals surface area contributed by atoms with Gasteiger partial charge in [0.1, 0.15) is 11.4 Å². The van der Waals surface area contributed by atoms with Crippen LogP contribution in [0, 0.1) is 11.8 Å². The van der Waals surface area contributed by atoms with Crippen molar-refractivity contribution >= 4 is 5.97 Å². The summed E-state index contributed by atoms with van der Waals surface area (Å²) in [7, 11) is 1.44. The van der Waals surface area contributed by atoms with Gasteiger partial charge in [-0.2, -0.15) is 13.2 Å². The molecule has 1 aliphatic carbocycles. The molecule has 37 heavy (non-hydrogen) atoms. The smallest absolute Gasteiger partial charge is 0.418 e. The molecule has 0 radical (unpaired) electrons. The minimum atomic E-state index is -4.42. The molecular weight excluding hydrogens is 481 g/mol. The molecule has 1 aromatic carbocycles. The van der Waals surface area contributed by atoms with Crippen LogP contribution in [0.3, 0.4) is 0 Å². The summed E-state index contributed by atoms with van der Waals surface area (Å²) >= 11 is 0. The molecule has 8 heteroatoms. The van der Waals surface area contributed by atoms with E-state index in [1.807, 2.05) is 6.92 Å². The number of alkyl halides is 3. The van der Waals surface area contributed by atoms with Gasteiger partial charge in [-0.15, -0.1) is 0 Å². The molecule has 3 heterocycles. The van der Waals surface area contributed by atoms with E-state index in [-0.39, 0.29) is 29.1 Å². The van der Waals surface area contributed by atoms with Crippen LogP contribution in [0.5, 0.6) is 5.75 Å². The molecule has 0 amide bonds. The van der Waals surface area contributed by atoms with E-state index in [1.165, 1.54) is 24.9 Å². The maximum Gasteiger partial charge on any atom is 0.418 e. The van der Waals surface area contributed by atoms with Gasteiger partial charge in [0.2, 0.25) is 0 Å². The topological polar surface area (TPSA) is 51.7 Å². The van der Waals surface area contributed by atoms with Crippen LogP contribution in [0.2, 0.25) is 0 Å². The highest BCUT2D eigenvalue weighted by Crippen LogP contribution is 2.49. The molecule has 0 N–H and O–H groups in total. The maximum atomic E-state index is 13.6. The fourth-order valence-electron chi connectivity index (χ4n) is 6.32. The number of aromatic nitrogens is 1. The number of halogens is 3. The lowest BCUT2D eigenvalue weighted by molar-refractivity contribution is -0.145. The van der Waals surface area contributed by atoms with E-state index in [0.29, 0.717) is 19.0 Å². The van der Waals surface area contributed by atoms with Crippen molar-refractivity contribution in [3.05, 3.63) is 58.9 Å². The molecule has 5 rings (SSSR count). The highest BCUT2D eigenvalue weighted by atomic mass is 19.4. The molecule has 5 nitrogen and oxygen atoms in total. The highest BCUT2D eigenvalue weighted by molar-refractivity contribution is 5.73. The van der Waals surface area contributed by atoms with E-state index < -0.39 is 17.8 Å². The predicted octanol–water partition coefficient (Wildman–Crippen LogP) is 6.32. The number of esters is 1. The number of piperidine rings is 1. The average Bonchev–Trinajstić information content (AvgIpc) is 3.73. The van der Waals surface area contributed by atoms with E-state index in [9.17, 15) is 18.0 Å². The van der Waals surface area contributed by atoms with Crippen molar-refractivity contribution in [2.45, 2.75) is 76.1 Å². The maximum absolute atomic E-state index is 13.6. The lowest BCUT2D eigenvalue weighted by Gasteiger charge is -2.46. The molecule has 1 spiro atoms. The number of carbonyl (C=O) groups excluding carboxylic acids is 1. The van der Waals surface area contributed by atoms with Crippen LogP contribution in [0.25, 0.3) is 0 Å². The number of rotatable bonds is 6. The first-order chi connectivity index (χ1) is 17.6. The zero-order valence-electron chi connectivity index (χ0n) is 21.7. The number of aryl methyl sites for hydroxylation is 1. The normalized spacial score (nSPS) is 22.0. The number of hydrogen-bond acceptors (Lipinski definition) is 5. The second kappa shape index (κ2) is 9.93. The van der Waals surface area contributed by atoms with Crippen molar-refractivity contribution in [3.8, 4) is 5.75 Å². The Hall–Kier alpha value is -2.61. The SMILES string of the molecule is COC(=O)C(C)C(c1ccc2c(c1)OC1(CC2)CCN(C(C)c2ncccc2C(F)(F)F)CC1)C1CC1. The van der Waals surface area contributed by atoms with Crippen molar-refractivity contribution in [1.82, 2.24) is 9.88 Å². The van der Waals surface area contributed by atoms with Crippen LogP contribution in [0.1, 0.15) is 80.3 Å². The van der Waals surface area contributed by atoms with Gasteiger partial charge in [-0.1, -0.05) is 19.1 Å². The summed E-state index contributed by atoms with van der Waals surface area (Å²) in [5, 5.41) is 0. The second-order valence-corrected chi connectivity index (χ2v) is 11.0. The lowest BCUT2D eigenvalue weighted by Crippen LogP contribution is -2.50. The van der Waals surface area contributed by atoms with E-state index in [4.69, 9.17) is 9.47 Å².